The highest BCUT2D eigenvalue weighted by Gasteiger charge is 2.13. The molecule has 2 N–H and O–H groups in total. The van der Waals surface area contributed by atoms with Crippen molar-refractivity contribution in [3.63, 3.8) is 0 Å². The zero-order chi connectivity index (χ0) is 13.8. The number of amides is 1. The maximum atomic E-state index is 11.6. The summed E-state index contributed by atoms with van der Waals surface area (Å²) in [7, 11) is 0. The molecule has 1 atom stereocenters. The molecule has 0 aliphatic heterocycles. The van der Waals surface area contributed by atoms with Gasteiger partial charge in [0, 0.05) is 5.69 Å². The second kappa shape index (κ2) is 5.98. The molecule has 0 saturated heterocycles. The van der Waals surface area contributed by atoms with Gasteiger partial charge in [-0.1, -0.05) is 12.1 Å². The molecule has 0 aliphatic carbocycles. The van der Waals surface area contributed by atoms with Crippen LogP contribution in [-0.2, 0) is 9.53 Å². The average molecular weight is 251 g/mol. The Morgan fingerprint density at radius 2 is 2.11 bits per heavy atom. The number of ether oxygens (including phenoxy) is 1. The Hall–Kier alpha value is -1.39. The SMILES string of the molecule is CC(O)c1cccc(NC(=O)COC(C)(C)C)c1. The maximum absolute atomic E-state index is 11.6. The Labute approximate surface area is 108 Å². The van der Waals surface area contributed by atoms with E-state index in [1.807, 2.05) is 26.8 Å². The molecule has 18 heavy (non-hydrogen) atoms. The van der Waals surface area contributed by atoms with E-state index in [4.69, 9.17) is 4.74 Å². The van der Waals surface area contributed by atoms with E-state index in [9.17, 15) is 9.90 Å². The van der Waals surface area contributed by atoms with Crippen molar-refractivity contribution < 1.29 is 14.6 Å². The molecule has 1 aromatic rings. The van der Waals surface area contributed by atoms with Gasteiger partial charge in [0.1, 0.15) is 6.61 Å². The summed E-state index contributed by atoms with van der Waals surface area (Å²) in [6.07, 6.45) is -0.548. The van der Waals surface area contributed by atoms with Crippen molar-refractivity contribution in [3.05, 3.63) is 29.8 Å². The molecular weight excluding hydrogens is 230 g/mol. The summed E-state index contributed by atoms with van der Waals surface area (Å²) < 4.78 is 5.38. The topological polar surface area (TPSA) is 58.6 Å². The molecule has 1 aromatic carbocycles. The zero-order valence-electron chi connectivity index (χ0n) is 11.4. The first-order chi connectivity index (χ1) is 8.28. The largest absolute Gasteiger partial charge is 0.389 e. The zero-order valence-corrected chi connectivity index (χ0v) is 11.4. The maximum Gasteiger partial charge on any atom is 0.250 e. The number of hydrogen-bond acceptors (Lipinski definition) is 3. The standard InChI is InChI=1S/C14H21NO3/c1-10(16)11-6-5-7-12(8-11)15-13(17)9-18-14(2,3)4/h5-8,10,16H,9H2,1-4H3,(H,15,17). The van der Waals surface area contributed by atoms with E-state index in [-0.39, 0.29) is 18.1 Å². The molecule has 0 aliphatic rings. The number of rotatable bonds is 4. The lowest BCUT2D eigenvalue weighted by Gasteiger charge is -2.19. The smallest absolute Gasteiger partial charge is 0.250 e. The summed E-state index contributed by atoms with van der Waals surface area (Å²) in [5.74, 6) is -0.201. The van der Waals surface area contributed by atoms with Gasteiger partial charge in [0.25, 0.3) is 0 Å². The third kappa shape index (κ3) is 5.29. The van der Waals surface area contributed by atoms with Gasteiger partial charge in [-0.3, -0.25) is 4.79 Å². The van der Waals surface area contributed by atoms with Gasteiger partial charge in [-0.15, -0.1) is 0 Å². The van der Waals surface area contributed by atoms with Crippen molar-refractivity contribution in [1.29, 1.82) is 0 Å². The van der Waals surface area contributed by atoms with Gasteiger partial charge in [-0.25, -0.2) is 0 Å². The molecule has 100 valence electrons. The van der Waals surface area contributed by atoms with Crippen LogP contribution in [0.3, 0.4) is 0 Å². The first-order valence-electron chi connectivity index (χ1n) is 6.00. The molecule has 1 unspecified atom stereocenters. The van der Waals surface area contributed by atoms with E-state index in [1.165, 1.54) is 0 Å². The molecule has 0 saturated carbocycles. The molecule has 0 bridgehead atoms. The van der Waals surface area contributed by atoms with Crippen LogP contribution in [0.5, 0.6) is 0 Å². The summed E-state index contributed by atoms with van der Waals surface area (Å²) >= 11 is 0. The van der Waals surface area contributed by atoms with Crippen LogP contribution in [-0.4, -0.2) is 23.2 Å². The van der Waals surface area contributed by atoms with Crippen molar-refractivity contribution in [2.75, 3.05) is 11.9 Å². The molecule has 4 nitrogen and oxygen atoms in total. The van der Waals surface area contributed by atoms with Crippen molar-refractivity contribution in [2.45, 2.75) is 39.4 Å². The van der Waals surface area contributed by atoms with E-state index in [1.54, 1.807) is 25.1 Å². The van der Waals surface area contributed by atoms with Gasteiger partial charge in [0.15, 0.2) is 0 Å². The molecule has 0 spiro atoms. The molecule has 0 fully saturated rings. The number of carbonyl (C=O) groups excluding carboxylic acids is 1. The van der Waals surface area contributed by atoms with Crippen molar-refractivity contribution in [2.24, 2.45) is 0 Å². The summed E-state index contributed by atoms with van der Waals surface area (Å²) in [4.78, 5) is 11.6. The minimum Gasteiger partial charge on any atom is -0.389 e. The normalized spacial score (nSPS) is 13.2. The molecule has 1 rings (SSSR count). The molecular formula is C14H21NO3. The van der Waals surface area contributed by atoms with E-state index in [0.29, 0.717) is 5.69 Å². The van der Waals surface area contributed by atoms with Crippen LogP contribution in [0.1, 0.15) is 39.4 Å². The van der Waals surface area contributed by atoms with E-state index >= 15 is 0 Å². The summed E-state index contributed by atoms with van der Waals surface area (Å²) in [5.41, 5.74) is 1.10. The Balaban J connectivity index is 2.57. The summed E-state index contributed by atoms with van der Waals surface area (Å²) in [6.45, 7) is 7.39. The number of aliphatic hydroxyl groups is 1. The van der Waals surface area contributed by atoms with E-state index in [2.05, 4.69) is 5.32 Å². The van der Waals surface area contributed by atoms with Crippen LogP contribution in [0.25, 0.3) is 0 Å². The lowest BCUT2D eigenvalue weighted by atomic mass is 10.1. The van der Waals surface area contributed by atoms with E-state index < -0.39 is 6.10 Å². The van der Waals surface area contributed by atoms with Crippen molar-refractivity contribution >= 4 is 11.6 Å². The highest BCUT2D eigenvalue weighted by molar-refractivity contribution is 5.91. The minimum absolute atomic E-state index is 0.0163. The summed E-state index contributed by atoms with van der Waals surface area (Å²) in [5, 5.41) is 12.2. The van der Waals surface area contributed by atoms with Crippen molar-refractivity contribution in [3.8, 4) is 0 Å². The van der Waals surface area contributed by atoms with Crippen LogP contribution in [0.4, 0.5) is 5.69 Å². The Morgan fingerprint density at radius 1 is 1.44 bits per heavy atom. The third-order valence-electron chi connectivity index (χ3n) is 2.29. The molecule has 1 amide bonds. The molecule has 0 radical (unpaired) electrons. The highest BCUT2D eigenvalue weighted by Crippen LogP contribution is 2.17. The lowest BCUT2D eigenvalue weighted by Crippen LogP contribution is -2.27. The molecule has 0 heterocycles. The Kier molecular flexibility index (Phi) is 4.87. The van der Waals surface area contributed by atoms with Crippen molar-refractivity contribution in [1.82, 2.24) is 0 Å². The highest BCUT2D eigenvalue weighted by atomic mass is 16.5. The predicted octanol–water partition coefficient (Wildman–Crippen LogP) is 2.49. The van der Waals surface area contributed by atoms with Gasteiger partial charge < -0.3 is 15.2 Å². The number of hydrogen-bond donors (Lipinski definition) is 2. The fraction of sp³-hybridized carbons (Fsp3) is 0.500. The molecule has 4 heteroatoms. The second-order valence-corrected chi connectivity index (χ2v) is 5.25. The molecule has 0 aromatic heterocycles. The quantitative estimate of drug-likeness (QED) is 0.864. The van der Waals surface area contributed by atoms with Gasteiger partial charge in [0.2, 0.25) is 5.91 Å². The predicted molar refractivity (Wildman–Crippen MR) is 71.4 cm³/mol. The minimum atomic E-state index is -0.548. The number of benzene rings is 1. The van der Waals surface area contributed by atoms with Gasteiger partial charge in [0.05, 0.1) is 11.7 Å². The first-order valence-corrected chi connectivity index (χ1v) is 6.00. The van der Waals surface area contributed by atoms with E-state index in [0.717, 1.165) is 5.56 Å². The lowest BCUT2D eigenvalue weighted by molar-refractivity contribution is -0.125. The third-order valence-corrected chi connectivity index (χ3v) is 2.29. The van der Waals surface area contributed by atoms with Crippen LogP contribution in [0.2, 0.25) is 0 Å². The second-order valence-electron chi connectivity index (χ2n) is 5.25. The monoisotopic (exact) mass is 251 g/mol. The number of carbonyl (C=O) groups is 1. The number of aliphatic hydroxyl groups excluding tert-OH is 1. The fourth-order valence-electron chi connectivity index (χ4n) is 1.36. The van der Waals surface area contributed by atoms with Crippen LogP contribution < -0.4 is 5.32 Å². The summed E-state index contributed by atoms with van der Waals surface area (Å²) in [6, 6.07) is 7.13. The van der Waals surface area contributed by atoms with Gasteiger partial charge >= 0.3 is 0 Å². The number of nitrogens with one attached hydrogen (secondary N) is 1. The van der Waals surface area contributed by atoms with Crippen LogP contribution in [0.15, 0.2) is 24.3 Å². The van der Waals surface area contributed by atoms with Crippen LogP contribution in [0, 0.1) is 0 Å². The Morgan fingerprint density at radius 3 is 2.67 bits per heavy atom. The Bertz CT molecular complexity index is 408. The van der Waals surface area contributed by atoms with Crippen LogP contribution >= 0.6 is 0 Å². The van der Waals surface area contributed by atoms with Gasteiger partial charge in [-0.05, 0) is 45.4 Å². The number of anilines is 1. The average Bonchev–Trinajstić information content (AvgIpc) is 2.26. The first kappa shape index (κ1) is 14.7. The fourth-order valence-corrected chi connectivity index (χ4v) is 1.36. The van der Waals surface area contributed by atoms with Gasteiger partial charge in [-0.2, -0.15) is 0 Å².